The lowest BCUT2D eigenvalue weighted by molar-refractivity contribution is -0.137. The third-order valence-corrected chi connectivity index (χ3v) is 3.84. The third kappa shape index (κ3) is 3.53. The van der Waals surface area contributed by atoms with Crippen molar-refractivity contribution in [3.63, 3.8) is 0 Å². The molecule has 0 N–H and O–H groups in total. The first-order valence-corrected chi connectivity index (χ1v) is 6.66. The van der Waals surface area contributed by atoms with Crippen LogP contribution < -0.4 is 0 Å². The second kappa shape index (κ2) is 5.28. The molecule has 2 rings (SSSR count). The van der Waals surface area contributed by atoms with Crippen molar-refractivity contribution in [1.82, 2.24) is 10.2 Å². The first kappa shape index (κ1) is 14.0. The molecule has 0 aliphatic carbocycles. The fourth-order valence-corrected chi connectivity index (χ4v) is 2.44. The van der Waals surface area contributed by atoms with Gasteiger partial charge in [0.2, 0.25) is 0 Å². The van der Waals surface area contributed by atoms with Gasteiger partial charge in [0.05, 0.1) is 5.56 Å². The Morgan fingerprint density at radius 3 is 2.21 bits per heavy atom. The highest BCUT2D eigenvalue weighted by Crippen LogP contribution is 2.29. The smallest absolute Gasteiger partial charge is 0.166 e. The molecule has 0 saturated heterocycles. The Balaban J connectivity index is 2.11. The van der Waals surface area contributed by atoms with Crippen molar-refractivity contribution in [2.24, 2.45) is 0 Å². The van der Waals surface area contributed by atoms with Crippen LogP contribution in [0.2, 0.25) is 0 Å². The molecule has 0 aliphatic rings. The van der Waals surface area contributed by atoms with Gasteiger partial charge in [-0.2, -0.15) is 13.2 Å². The number of hydrogen-bond donors (Lipinski definition) is 0. The molecule has 0 saturated carbocycles. The zero-order valence-corrected chi connectivity index (χ0v) is 11.3. The predicted octanol–water partition coefficient (Wildman–Crippen LogP) is 4.27. The van der Waals surface area contributed by atoms with Gasteiger partial charge in [-0.25, -0.2) is 0 Å². The molecule has 6 heteroatoms. The van der Waals surface area contributed by atoms with Gasteiger partial charge in [-0.3, -0.25) is 0 Å². The van der Waals surface area contributed by atoms with Gasteiger partial charge in [-0.15, -0.1) is 21.5 Å². The minimum atomic E-state index is -4.29. The molecule has 0 amide bonds. The molecule has 1 aromatic carbocycles. The van der Waals surface area contributed by atoms with Crippen LogP contribution in [0.25, 0.3) is 0 Å². The number of alkyl halides is 3. The Hall–Kier alpha value is -1.43. The van der Waals surface area contributed by atoms with Gasteiger partial charge in [0, 0.05) is 12.3 Å². The Labute approximate surface area is 113 Å². The molecular weight excluding hydrogens is 273 g/mol. The molecule has 1 heterocycles. The van der Waals surface area contributed by atoms with Gasteiger partial charge in [-0.1, -0.05) is 26.0 Å². The molecule has 19 heavy (non-hydrogen) atoms. The van der Waals surface area contributed by atoms with E-state index in [0.717, 1.165) is 27.7 Å². The molecule has 0 fully saturated rings. The minimum Gasteiger partial charge on any atom is -0.166 e. The van der Waals surface area contributed by atoms with Gasteiger partial charge in [0.15, 0.2) is 0 Å². The van der Waals surface area contributed by atoms with Crippen LogP contribution in [0.4, 0.5) is 13.2 Å². The topological polar surface area (TPSA) is 25.8 Å². The third-order valence-electron chi connectivity index (χ3n) is 2.61. The van der Waals surface area contributed by atoms with Gasteiger partial charge < -0.3 is 0 Å². The molecule has 0 bridgehead atoms. The van der Waals surface area contributed by atoms with Gasteiger partial charge in [0.25, 0.3) is 0 Å². The van der Waals surface area contributed by atoms with Crippen LogP contribution in [-0.2, 0) is 12.6 Å². The molecule has 2 nitrogen and oxygen atoms in total. The summed E-state index contributed by atoms with van der Waals surface area (Å²) in [5.74, 6) is 0.318. The molecular formula is C13H13F3N2S. The summed E-state index contributed by atoms with van der Waals surface area (Å²) < 4.78 is 37.3. The highest BCUT2D eigenvalue weighted by molar-refractivity contribution is 7.11. The lowest BCUT2D eigenvalue weighted by Gasteiger charge is -2.06. The summed E-state index contributed by atoms with van der Waals surface area (Å²) in [5.41, 5.74) is 0.177. The second-order valence-electron chi connectivity index (χ2n) is 4.56. The number of nitrogens with zero attached hydrogens (tertiary/aromatic N) is 2. The van der Waals surface area contributed by atoms with Crippen LogP contribution in [0.5, 0.6) is 0 Å². The molecule has 0 spiro atoms. The Morgan fingerprint density at radius 2 is 1.74 bits per heavy atom. The van der Waals surface area contributed by atoms with Crippen molar-refractivity contribution >= 4 is 11.3 Å². The van der Waals surface area contributed by atoms with E-state index in [1.807, 2.05) is 13.8 Å². The SMILES string of the molecule is CC(C)c1nnc(Cc2ccc(C(F)(F)F)cc2)s1. The van der Waals surface area contributed by atoms with Crippen molar-refractivity contribution < 1.29 is 13.2 Å². The highest BCUT2D eigenvalue weighted by Gasteiger charge is 2.29. The van der Waals surface area contributed by atoms with E-state index in [2.05, 4.69) is 10.2 Å². The van der Waals surface area contributed by atoms with Crippen LogP contribution >= 0.6 is 11.3 Å². The van der Waals surface area contributed by atoms with Gasteiger partial charge in [-0.05, 0) is 17.7 Å². The summed E-state index contributed by atoms with van der Waals surface area (Å²) in [6.45, 7) is 4.06. The predicted molar refractivity (Wildman–Crippen MR) is 68.2 cm³/mol. The lowest BCUT2D eigenvalue weighted by atomic mass is 10.1. The van der Waals surface area contributed by atoms with E-state index in [4.69, 9.17) is 0 Å². The first-order chi connectivity index (χ1) is 8.86. The molecule has 0 aliphatic heterocycles. The van der Waals surface area contributed by atoms with E-state index in [0.29, 0.717) is 12.3 Å². The van der Waals surface area contributed by atoms with Crippen molar-refractivity contribution in [1.29, 1.82) is 0 Å². The summed E-state index contributed by atoms with van der Waals surface area (Å²) in [5, 5.41) is 9.88. The maximum Gasteiger partial charge on any atom is 0.416 e. The molecule has 0 unspecified atom stereocenters. The van der Waals surface area contributed by atoms with E-state index in [1.165, 1.54) is 23.5 Å². The van der Waals surface area contributed by atoms with Crippen LogP contribution in [0.15, 0.2) is 24.3 Å². The lowest BCUT2D eigenvalue weighted by Crippen LogP contribution is -2.04. The maximum atomic E-state index is 12.4. The normalized spacial score (nSPS) is 12.1. The van der Waals surface area contributed by atoms with Crippen LogP contribution in [0.3, 0.4) is 0 Å². The van der Waals surface area contributed by atoms with Gasteiger partial charge >= 0.3 is 6.18 Å². The first-order valence-electron chi connectivity index (χ1n) is 5.84. The van der Waals surface area contributed by atoms with Crippen molar-refractivity contribution in [3.8, 4) is 0 Å². The number of aromatic nitrogens is 2. The molecule has 0 radical (unpaired) electrons. The van der Waals surface area contributed by atoms with E-state index in [9.17, 15) is 13.2 Å². The van der Waals surface area contributed by atoms with E-state index in [-0.39, 0.29) is 0 Å². The fraction of sp³-hybridized carbons (Fsp3) is 0.385. The largest absolute Gasteiger partial charge is 0.416 e. The monoisotopic (exact) mass is 286 g/mol. The average Bonchev–Trinajstić information content (AvgIpc) is 2.77. The number of benzene rings is 1. The molecule has 2 aromatic rings. The van der Waals surface area contributed by atoms with Crippen LogP contribution in [0.1, 0.15) is 40.9 Å². The summed E-state index contributed by atoms with van der Waals surface area (Å²) >= 11 is 1.50. The van der Waals surface area contributed by atoms with Crippen LogP contribution in [0, 0.1) is 0 Å². The zero-order valence-electron chi connectivity index (χ0n) is 10.5. The number of halogens is 3. The molecule has 102 valence electrons. The van der Waals surface area contributed by atoms with Crippen molar-refractivity contribution in [3.05, 3.63) is 45.4 Å². The van der Waals surface area contributed by atoms with Crippen molar-refractivity contribution in [2.75, 3.05) is 0 Å². The Bertz CT molecular complexity index is 544. The zero-order chi connectivity index (χ0) is 14.0. The minimum absolute atomic E-state index is 0.318. The van der Waals surface area contributed by atoms with Gasteiger partial charge in [0.1, 0.15) is 10.0 Å². The van der Waals surface area contributed by atoms with Crippen LogP contribution in [-0.4, -0.2) is 10.2 Å². The number of rotatable bonds is 3. The second-order valence-corrected chi connectivity index (χ2v) is 5.65. The Kier molecular flexibility index (Phi) is 3.89. The molecule has 1 aromatic heterocycles. The summed E-state index contributed by atoms with van der Waals surface area (Å²) in [6.07, 6.45) is -3.77. The fourth-order valence-electron chi connectivity index (χ4n) is 1.56. The summed E-state index contributed by atoms with van der Waals surface area (Å²) in [7, 11) is 0. The quantitative estimate of drug-likeness (QED) is 0.842. The standard InChI is InChI=1S/C13H13F3N2S/c1-8(2)12-18-17-11(19-12)7-9-3-5-10(6-4-9)13(14,15)16/h3-6,8H,7H2,1-2H3. The van der Waals surface area contributed by atoms with E-state index in [1.54, 1.807) is 0 Å². The highest BCUT2D eigenvalue weighted by atomic mass is 32.1. The van der Waals surface area contributed by atoms with E-state index < -0.39 is 11.7 Å². The summed E-state index contributed by atoms with van der Waals surface area (Å²) in [4.78, 5) is 0. The molecule has 0 atom stereocenters. The maximum absolute atomic E-state index is 12.4. The Morgan fingerprint density at radius 1 is 1.11 bits per heavy atom. The average molecular weight is 286 g/mol. The number of hydrogen-bond acceptors (Lipinski definition) is 3. The van der Waals surface area contributed by atoms with E-state index >= 15 is 0 Å². The van der Waals surface area contributed by atoms with Crippen molar-refractivity contribution in [2.45, 2.75) is 32.4 Å². The summed E-state index contributed by atoms with van der Waals surface area (Å²) in [6, 6.07) is 5.16.